The number of carbonyl (C=O) groups is 1. The normalized spacial score (nSPS) is 15.6. The van der Waals surface area contributed by atoms with Gasteiger partial charge in [0.1, 0.15) is 5.75 Å². The summed E-state index contributed by atoms with van der Waals surface area (Å²) < 4.78 is 27.5. The van der Waals surface area contributed by atoms with Crippen LogP contribution in [0.2, 0.25) is 0 Å². The Balaban J connectivity index is 1.75. The first-order valence-electron chi connectivity index (χ1n) is 9.42. The van der Waals surface area contributed by atoms with Crippen LogP contribution in [0.4, 0.5) is 0 Å². The van der Waals surface area contributed by atoms with E-state index < -0.39 is 10.0 Å². The second-order valence-electron chi connectivity index (χ2n) is 7.17. The second kappa shape index (κ2) is 7.93. The highest BCUT2D eigenvalue weighted by Crippen LogP contribution is 2.25. The quantitative estimate of drug-likeness (QED) is 0.853. The van der Waals surface area contributed by atoms with Gasteiger partial charge in [-0.05, 0) is 55.2 Å². The number of carbonyl (C=O) groups excluding carboxylic acids is 1. The molecule has 1 fully saturated rings. The summed E-state index contributed by atoms with van der Waals surface area (Å²) in [5.74, 6) is -0.316. The highest BCUT2D eigenvalue weighted by atomic mass is 32.2. The molecule has 0 aromatic heterocycles. The third-order valence-corrected chi connectivity index (χ3v) is 7.23. The molecule has 1 N–H and O–H groups in total. The summed E-state index contributed by atoms with van der Waals surface area (Å²) in [5, 5.41) is 10.1. The van der Waals surface area contributed by atoms with E-state index in [1.54, 1.807) is 30.0 Å². The molecule has 28 heavy (non-hydrogen) atoms. The Labute approximate surface area is 166 Å². The van der Waals surface area contributed by atoms with Crippen LogP contribution in [0.25, 0.3) is 0 Å². The molecule has 3 rings (SSSR count). The highest BCUT2D eigenvalue weighted by molar-refractivity contribution is 7.89. The molecular weight excluding hydrogens is 376 g/mol. The summed E-state index contributed by atoms with van der Waals surface area (Å²) in [6.45, 7) is 6.68. The first-order chi connectivity index (χ1) is 13.2. The number of amides is 1. The Morgan fingerprint density at radius 2 is 1.71 bits per heavy atom. The van der Waals surface area contributed by atoms with Crippen molar-refractivity contribution in [2.45, 2.75) is 32.1 Å². The van der Waals surface area contributed by atoms with Crippen molar-refractivity contribution in [2.75, 3.05) is 26.2 Å². The fourth-order valence-electron chi connectivity index (χ4n) is 3.40. The molecule has 0 aliphatic carbocycles. The first-order valence-corrected chi connectivity index (χ1v) is 10.9. The van der Waals surface area contributed by atoms with E-state index >= 15 is 0 Å². The Bertz CT molecular complexity index is 993. The van der Waals surface area contributed by atoms with Crippen LogP contribution in [-0.4, -0.2) is 54.8 Å². The topological polar surface area (TPSA) is 77.9 Å². The molecule has 1 saturated heterocycles. The predicted octanol–water partition coefficient (Wildman–Crippen LogP) is 2.72. The molecule has 1 aliphatic rings. The number of nitrogens with zero attached hydrogens (tertiary/aromatic N) is 2. The maximum atomic E-state index is 13.0. The minimum absolute atomic E-state index is 0.0485. The number of benzene rings is 2. The van der Waals surface area contributed by atoms with Crippen LogP contribution in [0.3, 0.4) is 0 Å². The van der Waals surface area contributed by atoms with E-state index in [-0.39, 0.29) is 30.3 Å². The zero-order chi connectivity index (χ0) is 20.5. The minimum Gasteiger partial charge on any atom is -0.507 e. The summed E-state index contributed by atoms with van der Waals surface area (Å²) in [6.07, 6.45) is 0.766. The molecule has 2 aromatic rings. The van der Waals surface area contributed by atoms with Gasteiger partial charge in [0.05, 0.1) is 10.5 Å². The number of phenols is 1. The van der Waals surface area contributed by atoms with Crippen LogP contribution in [0.15, 0.2) is 41.3 Å². The molecule has 0 atom stereocenters. The number of hydrogen-bond acceptors (Lipinski definition) is 4. The minimum atomic E-state index is -3.60. The predicted molar refractivity (Wildman–Crippen MR) is 108 cm³/mol. The van der Waals surface area contributed by atoms with Crippen LogP contribution < -0.4 is 0 Å². The maximum absolute atomic E-state index is 13.0. The standard InChI is InChI=1S/C21H26N2O4S/c1-4-17-7-8-19(24)18(14-17)21(25)22-9-11-23(12-10-22)28(26,27)20-13-15(2)5-6-16(20)3/h5-8,13-14,24H,4,9-12H2,1-3H3. The van der Waals surface area contributed by atoms with Gasteiger partial charge in [0.15, 0.2) is 0 Å². The molecule has 0 unspecified atom stereocenters. The third-order valence-electron chi connectivity index (χ3n) is 5.19. The molecule has 150 valence electrons. The average molecular weight is 403 g/mol. The monoisotopic (exact) mass is 402 g/mol. The van der Waals surface area contributed by atoms with Gasteiger partial charge in [-0.25, -0.2) is 8.42 Å². The van der Waals surface area contributed by atoms with Crippen LogP contribution in [-0.2, 0) is 16.4 Å². The van der Waals surface area contributed by atoms with Gasteiger partial charge in [0.25, 0.3) is 5.91 Å². The molecule has 0 spiro atoms. The van der Waals surface area contributed by atoms with Crippen molar-refractivity contribution in [2.24, 2.45) is 0 Å². The first kappa shape index (κ1) is 20.4. The molecule has 1 amide bonds. The van der Waals surface area contributed by atoms with E-state index in [1.165, 1.54) is 10.4 Å². The fraction of sp³-hybridized carbons (Fsp3) is 0.381. The van der Waals surface area contributed by atoms with Crippen molar-refractivity contribution < 1.29 is 18.3 Å². The van der Waals surface area contributed by atoms with Gasteiger partial charge in [0.2, 0.25) is 10.0 Å². The van der Waals surface area contributed by atoms with Gasteiger partial charge in [-0.1, -0.05) is 25.1 Å². The molecular formula is C21H26N2O4S. The van der Waals surface area contributed by atoms with Crippen molar-refractivity contribution in [3.05, 3.63) is 58.7 Å². The summed E-state index contributed by atoms with van der Waals surface area (Å²) >= 11 is 0. The molecule has 2 aromatic carbocycles. The van der Waals surface area contributed by atoms with E-state index in [9.17, 15) is 18.3 Å². The van der Waals surface area contributed by atoms with E-state index in [2.05, 4.69) is 0 Å². The van der Waals surface area contributed by atoms with E-state index in [0.29, 0.717) is 23.5 Å². The third kappa shape index (κ3) is 3.91. The number of phenolic OH excluding ortho intramolecular Hbond substituents is 1. The highest BCUT2D eigenvalue weighted by Gasteiger charge is 2.32. The van der Waals surface area contributed by atoms with Crippen LogP contribution in [0, 0.1) is 13.8 Å². The number of aryl methyl sites for hydroxylation is 3. The SMILES string of the molecule is CCc1ccc(O)c(C(=O)N2CCN(S(=O)(=O)c3cc(C)ccc3C)CC2)c1. The van der Waals surface area contributed by atoms with Crippen molar-refractivity contribution in [1.82, 2.24) is 9.21 Å². The van der Waals surface area contributed by atoms with Gasteiger partial charge in [-0.3, -0.25) is 4.79 Å². The molecule has 1 aliphatic heterocycles. The number of sulfonamides is 1. The zero-order valence-corrected chi connectivity index (χ0v) is 17.3. The number of hydrogen-bond donors (Lipinski definition) is 1. The Morgan fingerprint density at radius 1 is 1.04 bits per heavy atom. The van der Waals surface area contributed by atoms with Crippen LogP contribution >= 0.6 is 0 Å². The largest absolute Gasteiger partial charge is 0.507 e. The van der Waals surface area contributed by atoms with Crippen molar-refractivity contribution in [3.8, 4) is 5.75 Å². The van der Waals surface area contributed by atoms with Gasteiger partial charge in [0, 0.05) is 26.2 Å². The summed E-state index contributed by atoms with van der Waals surface area (Å²) in [4.78, 5) is 14.7. The van der Waals surface area contributed by atoms with Crippen LogP contribution in [0.1, 0.15) is 34.0 Å². The molecule has 0 saturated carbocycles. The average Bonchev–Trinajstić information content (AvgIpc) is 2.69. The summed E-state index contributed by atoms with van der Waals surface area (Å²) in [5.41, 5.74) is 2.84. The summed E-state index contributed by atoms with van der Waals surface area (Å²) in [7, 11) is -3.60. The molecule has 0 radical (unpaired) electrons. The van der Waals surface area contributed by atoms with E-state index in [0.717, 1.165) is 17.5 Å². The number of piperazine rings is 1. The Morgan fingerprint density at radius 3 is 2.36 bits per heavy atom. The molecule has 7 heteroatoms. The lowest BCUT2D eigenvalue weighted by atomic mass is 10.1. The number of aromatic hydroxyl groups is 1. The second-order valence-corrected chi connectivity index (χ2v) is 9.08. The van der Waals surface area contributed by atoms with Gasteiger partial charge >= 0.3 is 0 Å². The smallest absolute Gasteiger partial charge is 0.257 e. The number of rotatable bonds is 4. The maximum Gasteiger partial charge on any atom is 0.257 e. The van der Waals surface area contributed by atoms with Crippen molar-refractivity contribution >= 4 is 15.9 Å². The fourth-order valence-corrected chi connectivity index (χ4v) is 5.13. The molecule has 1 heterocycles. The van der Waals surface area contributed by atoms with Gasteiger partial charge < -0.3 is 10.0 Å². The Hall–Kier alpha value is -2.38. The lowest BCUT2D eigenvalue weighted by molar-refractivity contribution is 0.0694. The van der Waals surface area contributed by atoms with E-state index in [1.807, 2.05) is 26.0 Å². The zero-order valence-electron chi connectivity index (χ0n) is 16.5. The van der Waals surface area contributed by atoms with Gasteiger partial charge in [-0.2, -0.15) is 4.31 Å². The Kier molecular flexibility index (Phi) is 5.76. The molecule has 0 bridgehead atoms. The lowest BCUT2D eigenvalue weighted by Crippen LogP contribution is -2.50. The lowest BCUT2D eigenvalue weighted by Gasteiger charge is -2.34. The molecule has 6 nitrogen and oxygen atoms in total. The van der Waals surface area contributed by atoms with Crippen molar-refractivity contribution in [1.29, 1.82) is 0 Å². The van der Waals surface area contributed by atoms with Crippen molar-refractivity contribution in [3.63, 3.8) is 0 Å². The van der Waals surface area contributed by atoms with Crippen LogP contribution in [0.5, 0.6) is 5.75 Å². The van der Waals surface area contributed by atoms with Gasteiger partial charge in [-0.15, -0.1) is 0 Å². The van der Waals surface area contributed by atoms with E-state index in [4.69, 9.17) is 0 Å². The summed E-state index contributed by atoms with van der Waals surface area (Å²) in [6, 6.07) is 10.4.